The van der Waals surface area contributed by atoms with E-state index in [1.165, 1.54) is 13.3 Å². The molecule has 0 spiro atoms. The van der Waals surface area contributed by atoms with Crippen LogP contribution in [-0.4, -0.2) is 12.3 Å². The van der Waals surface area contributed by atoms with Crippen LogP contribution >= 0.6 is 0 Å². The monoisotopic (exact) mass is 232 g/mol. The first-order valence-electron chi connectivity index (χ1n) is 6.04. The Hall–Kier alpha value is -1.51. The number of ketones is 1. The van der Waals surface area contributed by atoms with Crippen molar-refractivity contribution in [1.82, 2.24) is 0 Å². The Kier molecular flexibility index (Phi) is 2.86. The molecule has 1 fully saturated rings. The van der Waals surface area contributed by atoms with Gasteiger partial charge < -0.3 is 11.1 Å². The Morgan fingerprint density at radius 1 is 1.53 bits per heavy atom. The summed E-state index contributed by atoms with van der Waals surface area (Å²) in [7, 11) is 0. The van der Waals surface area contributed by atoms with E-state index in [0.717, 1.165) is 18.2 Å². The maximum absolute atomic E-state index is 11.2. The number of nitrogen functional groups attached to an aromatic ring is 1. The lowest BCUT2D eigenvalue weighted by Gasteiger charge is -2.10. The Labute approximate surface area is 102 Å². The molecule has 92 valence electrons. The largest absolute Gasteiger partial charge is 0.398 e. The van der Waals surface area contributed by atoms with E-state index in [4.69, 9.17) is 5.73 Å². The van der Waals surface area contributed by atoms with Crippen LogP contribution in [0.1, 0.15) is 37.6 Å². The first kappa shape index (κ1) is 12.0. The average Bonchev–Trinajstić information content (AvgIpc) is 2.83. The van der Waals surface area contributed by atoms with Crippen molar-refractivity contribution in [2.45, 2.75) is 27.2 Å². The molecule has 1 aliphatic rings. The highest BCUT2D eigenvalue weighted by Gasteiger charge is 2.44. The maximum Gasteiger partial charge on any atom is 0.161 e. The summed E-state index contributed by atoms with van der Waals surface area (Å²) in [5.74, 6) is 0.758. The van der Waals surface area contributed by atoms with Gasteiger partial charge in [-0.2, -0.15) is 0 Å². The average molecular weight is 232 g/mol. The van der Waals surface area contributed by atoms with E-state index in [0.29, 0.717) is 16.7 Å². The Balaban J connectivity index is 1.98. The molecule has 3 nitrogen and oxygen atoms in total. The molecular formula is C14H20N2O. The normalized spacial score (nSPS) is 21.0. The SMILES string of the molecule is CC(=O)c1ccc(NCC2CC2(C)C)cc1N. The summed E-state index contributed by atoms with van der Waals surface area (Å²) < 4.78 is 0. The zero-order valence-corrected chi connectivity index (χ0v) is 10.7. The van der Waals surface area contributed by atoms with Crippen molar-refractivity contribution in [2.24, 2.45) is 11.3 Å². The van der Waals surface area contributed by atoms with Gasteiger partial charge in [0.2, 0.25) is 0 Å². The summed E-state index contributed by atoms with van der Waals surface area (Å²) in [6.45, 7) is 7.08. The third-order valence-corrected chi connectivity index (χ3v) is 3.70. The molecule has 1 saturated carbocycles. The predicted molar refractivity (Wildman–Crippen MR) is 71.2 cm³/mol. The number of anilines is 2. The minimum atomic E-state index is 0.0115. The quantitative estimate of drug-likeness (QED) is 0.620. The van der Waals surface area contributed by atoms with Crippen molar-refractivity contribution in [2.75, 3.05) is 17.6 Å². The predicted octanol–water partition coefficient (Wildman–Crippen LogP) is 2.93. The highest BCUT2D eigenvalue weighted by molar-refractivity contribution is 5.99. The van der Waals surface area contributed by atoms with Crippen LogP contribution in [0.4, 0.5) is 11.4 Å². The van der Waals surface area contributed by atoms with Crippen LogP contribution in [0.5, 0.6) is 0 Å². The van der Waals surface area contributed by atoms with E-state index in [1.54, 1.807) is 6.07 Å². The number of hydrogen-bond acceptors (Lipinski definition) is 3. The molecule has 3 heteroatoms. The van der Waals surface area contributed by atoms with Gasteiger partial charge in [-0.3, -0.25) is 4.79 Å². The minimum Gasteiger partial charge on any atom is -0.398 e. The lowest BCUT2D eigenvalue weighted by molar-refractivity contribution is 0.101. The Morgan fingerprint density at radius 2 is 2.18 bits per heavy atom. The summed E-state index contributed by atoms with van der Waals surface area (Å²) in [5, 5.41) is 3.38. The van der Waals surface area contributed by atoms with Crippen LogP contribution < -0.4 is 11.1 Å². The number of carbonyl (C=O) groups excluding carboxylic acids is 1. The van der Waals surface area contributed by atoms with E-state index in [9.17, 15) is 4.79 Å². The first-order chi connectivity index (χ1) is 7.90. The molecule has 3 N–H and O–H groups in total. The highest BCUT2D eigenvalue weighted by Crippen LogP contribution is 2.51. The number of hydrogen-bond donors (Lipinski definition) is 2. The fraction of sp³-hybridized carbons (Fsp3) is 0.500. The second-order valence-corrected chi connectivity index (χ2v) is 5.63. The zero-order valence-electron chi connectivity index (χ0n) is 10.7. The minimum absolute atomic E-state index is 0.0115. The molecule has 1 aromatic rings. The maximum atomic E-state index is 11.2. The van der Waals surface area contributed by atoms with Gasteiger partial charge in [0.05, 0.1) is 0 Å². The summed E-state index contributed by atoms with van der Waals surface area (Å²) in [4.78, 5) is 11.2. The summed E-state index contributed by atoms with van der Waals surface area (Å²) in [5.41, 5.74) is 8.47. The van der Waals surface area contributed by atoms with E-state index < -0.39 is 0 Å². The fourth-order valence-corrected chi connectivity index (χ4v) is 2.16. The molecule has 1 unspecified atom stereocenters. The van der Waals surface area contributed by atoms with Gasteiger partial charge >= 0.3 is 0 Å². The van der Waals surface area contributed by atoms with E-state index in [2.05, 4.69) is 19.2 Å². The number of nitrogens with two attached hydrogens (primary N) is 1. The highest BCUT2D eigenvalue weighted by atomic mass is 16.1. The third-order valence-electron chi connectivity index (χ3n) is 3.70. The molecule has 1 aliphatic carbocycles. The molecule has 0 bridgehead atoms. The van der Waals surface area contributed by atoms with Gasteiger partial charge in [-0.15, -0.1) is 0 Å². The van der Waals surface area contributed by atoms with Crippen LogP contribution in [-0.2, 0) is 0 Å². The number of carbonyl (C=O) groups is 1. The number of rotatable bonds is 4. The van der Waals surface area contributed by atoms with Crippen molar-refractivity contribution < 1.29 is 4.79 Å². The molecule has 0 heterocycles. The first-order valence-corrected chi connectivity index (χ1v) is 6.04. The van der Waals surface area contributed by atoms with Crippen LogP contribution in [0, 0.1) is 11.3 Å². The van der Waals surface area contributed by atoms with Gasteiger partial charge in [0.1, 0.15) is 0 Å². The van der Waals surface area contributed by atoms with Gasteiger partial charge in [0.15, 0.2) is 5.78 Å². The van der Waals surface area contributed by atoms with Gasteiger partial charge in [-0.25, -0.2) is 0 Å². The van der Waals surface area contributed by atoms with Gasteiger partial charge in [-0.05, 0) is 42.9 Å². The van der Waals surface area contributed by atoms with E-state index in [1.807, 2.05) is 12.1 Å². The standard InChI is InChI=1S/C14H20N2O/c1-9(17)12-5-4-11(6-13(12)15)16-8-10-7-14(10,2)3/h4-6,10,16H,7-8,15H2,1-3H3. The smallest absolute Gasteiger partial charge is 0.161 e. The second-order valence-electron chi connectivity index (χ2n) is 5.63. The number of benzene rings is 1. The number of nitrogens with one attached hydrogen (secondary N) is 1. The summed E-state index contributed by atoms with van der Waals surface area (Å²) >= 11 is 0. The topological polar surface area (TPSA) is 55.1 Å². The van der Waals surface area contributed by atoms with Crippen LogP contribution in [0.2, 0.25) is 0 Å². The van der Waals surface area contributed by atoms with Crippen molar-refractivity contribution in [3.63, 3.8) is 0 Å². The summed E-state index contributed by atoms with van der Waals surface area (Å²) in [6.07, 6.45) is 1.28. The second kappa shape index (κ2) is 4.06. The molecule has 17 heavy (non-hydrogen) atoms. The molecule has 0 aromatic heterocycles. The molecule has 0 radical (unpaired) electrons. The van der Waals surface area contributed by atoms with Crippen molar-refractivity contribution in [1.29, 1.82) is 0 Å². The molecule has 1 atom stereocenters. The lowest BCUT2D eigenvalue weighted by atomic mass is 10.1. The molecule has 2 rings (SSSR count). The van der Waals surface area contributed by atoms with Crippen molar-refractivity contribution in [3.05, 3.63) is 23.8 Å². The molecule has 1 aromatic carbocycles. The molecule has 0 amide bonds. The molecule has 0 saturated heterocycles. The molecular weight excluding hydrogens is 212 g/mol. The van der Waals surface area contributed by atoms with Gasteiger partial charge in [-0.1, -0.05) is 13.8 Å². The van der Waals surface area contributed by atoms with Crippen molar-refractivity contribution >= 4 is 17.2 Å². The van der Waals surface area contributed by atoms with Crippen LogP contribution in [0.25, 0.3) is 0 Å². The third kappa shape index (κ3) is 2.60. The van der Waals surface area contributed by atoms with E-state index in [-0.39, 0.29) is 5.78 Å². The summed E-state index contributed by atoms with van der Waals surface area (Å²) in [6, 6.07) is 5.55. The Bertz CT molecular complexity index is 452. The van der Waals surface area contributed by atoms with Crippen LogP contribution in [0.3, 0.4) is 0 Å². The van der Waals surface area contributed by atoms with Gasteiger partial charge in [0.25, 0.3) is 0 Å². The van der Waals surface area contributed by atoms with Crippen molar-refractivity contribution in [3.8, 4) is 0 Å². The Morgan fingerprint density at radius 3 is 2.65 bits per heavy atom. The fourth-order valence-electron chi connectivity index (χ4n) is 2.16. The number of Topliss-reactive ketones (excluding diaryl/α,β-unsaturated/α-hetero) is 1. The lowest BCUT2D eigenvalue weighted by Crippen LogP contribution is -2.08. The van der Waals surface area contributed by atoms with E-state index >= 15 is 0 Å². The van der Waals surface area contributed by atoms with Gasteiger partial charge in [0, 0.05) is 23.5 Å². The zero-order chi connectivity index (χ0) is 12.6. The van der Waals surface area contributed by atoms with Crippen LogP contribution in [0.15, 0.2) is 18.2 Å². The molecule has 0 aliphatic heterocycles.